The lowest BCUT2D eigenvalue weighted by Crippen LogP contribution is -2.46. The molecular formula is C16H23NO3S. The number of nitrogens with one attached hydrogen (secondary N) is 1. The predicted molar refractivity (Wildman–Crippen MR) is 83.9 cm³/mol. The summed E-state index contributed by atoms with van der Waals surface area (Å²) >= 11 is 0. The molecule has 0 aliphatic heterocycles. The molecule has 1 aliphatic rings. The van der Waals surface area contributed by atoms with Gasteiger partial charge in [-0.1, -0.05) is 43.2 Å². The van der Waals surface area contributed by atoms with Gasteiger partial charge in [-0.15, -0.1) is 0 Å². The number of benzene rings is 1. The van der Waals surface area contributed by atoms with Gasteiger partial charge < -0.3 is 5.32 Å². The maximum Gasteiger partial charge on any atom is 0.238 e. The first-order valence-corrected chi connectivity index (χ1v) is 9.39. The van der Waals surface area contributed by atoms with Gasteiger partial charge in [-0.3, -0.25) is 4.79 Å². The molecule has 1 N–H and O–H groups in total. The molecule has 21 heavy (non-hydrogen) atoms. The molecule has 0 bridgehead atoms. The third kappa shape index (κ3) is 4.06. The predicted octanol–water partition coefficient (Wildman–Crippen LogP) is 2.26. The van der Waals surface area contributed by atoms with Crippen molar-refractivity contribution in [2.45, 2.75) is 49.8 Å². The molecule has 1 saturated carbocycles. The van der Waals surface area contributed by atoms with Crippen LogP contribution in [0.15, 0.2) is 30.3 Å². The van der Waals surface area contributed by atoms with Crippen LogP contribution in [0.4, 0.5) is 0 Å². The Hall–Kier alpha value is -1.36. The Labute approximate surface area is 126 Å². The molecule has 1 amide bonds. The van der Waals surface area contributed by atoms with Gasteiger partial charge in [0, 0.05) is 18.2 Å². The Morgan fingerprint density at radius 3 is 2.43 bits per heavy atom. The average molecular weight is 309 g/mol. The van der Waals surface area contributed by atoms with E-state index in [0.29, 0.717) is 0 Å². The second kappa shape index (κ2) is 6.60. The minimum absolute atomic E-state index is 0.0258. The number of carbonyl (C=O) groups is 1. The van der Waals surface area contributed by atoms with E-state index in [2.05, 4.69) is 17.4 Å². The van der Waals surface area contributed by atoms with Gasteiger partial charge in [-0.2, -0.15) is 0 Å². The van der Waals surface area contributed by atoms with E-state index in [-0.39, 0.29) is 17.9 Å². The van der Waals surface area contributed by atoms with Crippen LogP contribution in [0.1, 0.15) is 44.1 Å². The summed E-state index contributed by atoms with van der Waals surface area (Å²) in [6, 6.07) is 10.2. The summed E-state index contributed by atoms with van der Waals surface area (Å²) in [5.74, 6) is -0.110. The molecule has 0 spiro atoms. The van der Waals surface area contributed by atoms with Crippen molar-refractivity contribution < 1.29 is 13.2 Å². The van der Waals surface area contributed by atoms with Gasteiger partial charge in [0.25, 0.3) is 0 Å². The van der Waals surface area contributed by atoms with E-state index < -0.39 is 15.1 Å². The van der Waals surface area contributed by atoms with Crippen molar-refractivity contribution in [2.24, 2.45) is 0 Å². The Bertz CT molecular complexity index is 583. The summed E-state index contributed by atoms with van der Waals surface area (Å²) in [6.45, 7) is 1.45. The molecule has 2 rings (SSSR count). The van der Waals surface area contributed by atoms with Crippen molar-refractivity contribution in [3.05, 3.63) is 35.9 Å². The van der Waals surface area contributed by atoms with Gasteiger partial charge in [0.2, 0.25) is 5.91 Å². The van der Waals surface area contributed by atoms with E-state index in [1.165, 1.54) is 12.5 Å². The summed E-state index contributed by atoms with van der Waals surface area (Å²) in [6.07, 6.45) is 5.26. The summed E-state index contributed by atoms with van der Waals surface area (Å²) in [7, 11) is -3.35. The molecule has 0 saturated heterocycles. The molecule has 1 fully saturated rings. The van der Waals surface area contributed by atoms with Crippen molar-refractivity contribution in [3.63, 3.8) is 0 Å². The van der Waals surface area contributed by atoms with Crippen LogP contribution in [0.3, 0.4) is 0 Å². The average Bonchev–Trinajstić information content (AvgIpc) is 2.47. The number of amides is 1. The Morgan fingerprint density at radius 1 is 1.19 bits per heavy atom. The van der Waals surface area contributed by atoms with Gasteiger partial charge in [0.1, 0.15) is 5.25 Å². The summed E-state index contributed by atoms with van der Waals surface area (Å²) in [5.41, 5.74) is 1.22. The van der Waals surface area contributed by atoms with Crippen molar-refractivity contribution in [1.29, 1.82) is 0 Å². The van der Waals surface area contributed by atoms with Crippen LogP contribution in [0.25, 0.3) is 0 Å². The van der Waals surface area contributed by atoms with Gasteiger partial charge in [-0.25, -0.2) is 8.42 Å². The normalized spacial score (nSPS) is 24.3. The Morgan fingerprint density at radius 2 is 1.81 bits per heavy atom. The van der Waals surface area contributed by atoms with E-state index >= 15 is 0 Å². The Kier molecular flexibility index (Phi) is 5.04. The maximum atomic E-state index is 12.1. The van der Waals surface area contributed by atoms with Crippen LogP contribution >= 0.6 is 0 Å². The largest absolute Gasteiger partial charge is 0.352 e. The first-order chi connectivity index (χ1) is 9.89. The van der Waals surface area contributed by atoms with E-state index in [9.17, 15) is 13.2 Å². The van der Waals surface area contributed by atoms with Gasteiger partial charge in [-0.05, 0) is 25.3 Å². The molecule has 1 aromatic carbocycles. The zero-order valence-electron chi connectivity index (χ0n) is 12.6. The highest BCUT2D eigenvalue weighted by atomic mass is 32.2. The summed E-state index contributed by atoms with van der Waals surface area (Å²) in [4.78, 5) is 12.1. The molecule has 0 unspecified atom stereocenters. The minimum Gasteiger partial charge on any atom is -0.352 e. The molecule has 0 aromatic heterocycles. The van der Waals surface area contributed by atoms with Crippen molar-refractivity contribution in [1.82, 2.24) is 5.32 Å². The van der Waals surface area contributed by atoms with Gasteiger partial charge in [0.05, 0.1) is 0 Å². The van der Waals surface area contributed by atoms with Crippen LogP contribution in [0.2, 0.25) is 0 Å². The van der Waals surface area contributed by atoms with Crippen LogP contribution in [-0.2, 0) is 14.6 Å². The van der Waals surface area contributed by atoms with Crippen molar-refractivity contribution in [2.75, 3.05) is 6.26 Å². The lowest BCUT2D eigenvalue weighted by atomic mass is 9.80. The van der Waals surface area contributed by atoms with Crippen LogP contribution < -0.4 is 5.32 Å². The van der Waals surface area contributed by atoms with Crippen LogP contribution in [0, 0.1) is 0 Å². The number of hydrogen-bond acceptors (Lipinski definition) is 3. The van der Waals surface area contributed by atoms with E-state index in [1.54, 1.807) is 0 Å². The number of hydrogen-bond donors (Lipinski definition) is 1. The fourth-order valence-electron chi connectivity index (χ4n) is 2.90. The van der Waals surface area contributed by atoms with Gasteiger partial charge in [0.15, 0.2) is 9.84 Å². The number of sulfone groups is 1. The molecule has 0 heterocycles. The lowest BCUT2D eigenvalue weighted by molar-refractivity contribution is -0.121. The van der Waals surface area contributed by atoms with E-state index in [0.717, 1.165) is 31.9 Å². The SMILES string of the molecule is C[C@H](C(=O)N[C@@H]1CCCC[C@H]1c1ccccc1)S(C)(=O)=O. The molecule has 4 nitrogen and oxygen atoms in total. The molecule has 0 radical (unpaired) electrons. The lowest BCUT2D eigenvalue weighted by Gasteiger charge is -2.33. The zero-order chi connectivity index (χ0) is 15.5. The highest BCUT2D eigenvalue weighted by molar-refractivity contribution is 7.92. The molecule has 1 aromatic rings. The monoisotopic (exact) mass is 309 g/mol. The van der Waals surface area contributed by atoms with Crippen LogP contribution in [-0.4, -0.2) is 31.9 Å². The summed E-state index contributed by atoms with van der Waals surface area (Å²) < 4.78 is 23.0. The highest BCUT2D eigenvalue weighted by Gasteiger charge is 2.31. The first kappa shape index (κ1) is 16.0. The topological polar surface area (TPSA) is 63.2 Å². The maximum absolute atomic E-state index is 12.1. The second-order valence-corrected chi connectivity index (χ2v) is 8.25. The quantitative estimate of drug-likeness (QED) is 0.928. The standard InChI is InChI=1S/C16H23NO3S/c1-12(21(2,19)20)16(18)17-15-11-7-6-10-14(15)13-8-4-3-5-9-13/h3-5,8-9,12,14-15H,6-7,10-11H2,1-2H3,(H,17,18)/t12-,14+,15-/m1/s1. The fraction of sp³-hybridized carbons (Fsp3) is 0.562. The highest BCUT2D eigenvalue weighted by Crippen LogP contribution is 2.33. The van der Waals surface area contributed by atoms with E-state index in [4.69, 9.17) is 0 Å². The molecule has 5 heteroatoms. The third-order valence-electron chi connectivity index (χ3n) is 4.33. The second-order valence-electron chi connectivity index (χ2n) is 5.89. The summed E-state index contributed by atoms with van der Waals surface area (Å²) in [5, 5.41) is 1.97. The molecule has 116 valence electrons. The van der Waals surface area contributed by atoms with Crippen LogP contribution in [0.5, 0.6) is 0 Å². The number of rotatable bonds is 4. The molecule has 1 aliphatic carbocycles. The molecular weight excluding hydrogens is 286 g/mol. The fourth-order valence-corrected chi connectivity index (χ4v) is 3.35. The Balaban J connectivity index is 2.11. The minimum atomic E-state index is -3.35. The van der Waals surface area contributed by atoms with Gasteiger partial charge >= 0.3 is 0 Å². The third-order valence-corrected chi connectivity index (χ3v) is 5.83. The van der Waals surface area contributed by atoms with Crippen molar-refractivity contribution >= 4 is 15.7 Å². The smallest absolute Gasteiger partial charge is 0.238 e. The first-order valence-electron chi connectivity index (χ1n) is 7.44. The molecule has 3 atom stereocenters. The van der Waals surface area contributed by atoms with Crippen molar-refractivity contribution in [3.8, 4) is 0 Å². The number of carbonyl (C=O) groups excluding carboxylic acids is 1. The van der Waals surface area contributed by atoms with E-state index in [1.807, 2.05) is 18.2 Å². The zero-order valence-corrected chi connectivity index (χ0v) is 13.4.